The molecule has 0 aliphatic heterocycles. The van der Waals surface area contributed by atoms with Gasteiger partial charge in [-0.25, -0.2) is 8.42 Å². The van der Waals surface area contributed by atoms with E-state index in [1.807, 2.05) is 62.4 Å². The number of carbonyl (C=O) groups is 2. The molecule has 2 amide bonds. The lowest BCUT2D eigenvalue weighted by Gasteiger charge is -2.35. The highest BCUT2D eigenvalue weighted by Gasteiger charge is 2.35. The maximum absolute atomic E-state index is 14.7. The lowest BCUT2D eigenvalue weighted by molar-refractivity contribution is -0.140. The van der Waals surface area contributed by atoms with Crippen molar-refractivity contribution in [1.82, 2.24) is 10.2 Å². The largest absolute Gasteiger partial charge is 0.352 e. The van der Waals surface area contributed by atoms with Gasteiger partial charge in [-0.3, -0.25) is 13.9 Å². The minimum absolute atomic E-state index is 0.00791. The van der Waals surface area contributed by atoms with Crippen LogP contribution in [0.25, 0.3) is 0 Å². The first-order valence-electron chi connectivity index (χ1n) is 16.3. The molecule has 48 heavy (non-hydrogen) atoms. The van der Waals surface area contributed by atoms with Crippen LogP contribution in [0.15, 0.2) is 102 Å². The molecule has 4 aromatic rings. The summed E-state index contributed by atoms with van der Waals surface area (Å²) in [5.74, 6) is -0.810. The number of anilines is 1. The van der Waals surface area contributed by atoms with Crippen LogP contribution in [0.5, 0.6) is 0 Å². The van der Waals surface area contributed by atoms with E-state index in [-0.39, 0.29) is 29.8 Å². The molecule has 0 unspecified atom stereocenters. The van der Waals surface area contributed by atoms with Gasteiger partial charge in [0.05, 0.1) is 10.6 Å². The Morgan fingerprint density at radius 3 is 2.17 bits per heavy atom. The van der Waals surface area contributed by atoms with Gasteiger partial charge in [-0.2, -0.15) is 0 Å². The van der Waals surface area contributed by atoms with Crippen LogP contribution in [0.4, 0.5) is 5.69 Å². The van der Waals surface area contributed by atoms with Crippen molar-refractivity contribution in [3.63, 3.8) is 0 Å². The van der Waals surface area contributed by atoms with Gasteiger partial charge in [0.25, 0.3) is 10.0 Å². The highest BCUT2D eigenvalue weighted by Crippen LogP contribution is 2.28. The van der Waals surface area contributed by atoms with Crippen molar-refractivity contribution in [3.05, 3.63) is 129 Å². The molecule has 1 saturated carbocycles. The fourth-order valence-corrected chi connectivity index (χ4v) is 7.78. The van der Waals surface area contributed by atoms with Gasteiger partial charge in [-0.15, -0.1) is 0 Å². The molecule has 0 radical (unpaired) electrons. The van der Waals surface area contributed by atoms with Crippen molar-refractivity contribution >= 4 is 50.7 Å². The summed E-state index contributed by atoms with van der Waals surface area (Å²) in [5.41, 5.74) is 3.72. The number of halogens is 2. The molecule has 5 rings (SSSR count). The molecule has 1 N–H and O–H groups in total. The van der Waals surface area contributed by atoms with Crippen LogP contribution in [0, 0.1) is 13.8 Å². The van der Waals surface area contributed by atoms with Gasteiger partial charge < -0.3 is 10.2 Å². The van der Waals surface area contributed by atoms with Gasteiger partial charge in [-0.05, 0) is 91.4 Å². The third kappa shape index (κ3) is 8.78. The zero-order valence-electron chi connectivity index (χ0n) is 27.2. The normalized spacial score (nSPS) is 14.2. The fourth-order valence-electron chi connectivity index (χ4n) is 6.05. The second-order valence-corrected chi connectivity index (χ2v) is 15.1. The van der Waals surface area contributed by atoms with Crippen LogP contribution < -0.4 is 9.62 Å². The van der Waals surface area contributed by atoms with Crippen LogP contribution in [-0.2, 0) is 32.6 Å². The van der Waals surface area contributed by atoms with E-state index in [2.05, 4.69) is 5.32 Å². The molecule has 1 aliphatic carbocycles. The molecule has 0 saturated heterocycles. The van der Waals surface area contributed by atoms with Gasteiger partial charge in [0.1, 0.15) is 12.6 Å². The molecule has 1 fully saturated rings. The molecule has 4 aromatic carbocycles. The van der Waals surface area contributed by atoms with Gasteiger partial charge >= 0.3 is 0 Å². The lowest BCUT2D eigenvalue weighted by atomic mass is 9.94. The maximum Gasteiger partial charge on any atom is 0.264 e. The van der Waals surface area contributed by atoms with Gasteiger partial charge in [0, 0.05) is 29.1 Å². The summed E-state index contributed by atoms with van der Waals surface area (Å²) >= 11 is 12.7. The molecule has 10 heteroatoms. The average Bonchev–Trinajstić information content (AvgIpc) is 3.08. The predicted molar refractivity (Wildman–Crippen MR) is 193 cm³/mol. The Kier molecular flexibility index (Phi) is 11.8. The minimum Gasteiger partial charge on any atom is -0.352 e. The van der Waals surface area contributed by atoms with E-state index in [0.29, 0.717) is 21.3 Å². The van der Waals surface area contributed by atoms with E-state index in [9.17, 15) is 18.0 Å². The Morgan fingerprint density at radius 1 is 0.833 bits per heavy atom. The number of rotatable bonds is 12. The summed E-state index contributed by atoms with van der Waals surface area (Å²) in [4.78, 5) is 30.4. The van der Waals surface area contributed by atoms with Crippen molar-refractivity contribution in [2.75, 3.05) is 10.8 Å². The Labute approximate surface area is 293 Å². The molecular formula is C38H41Cl2N3O4S. The Bertz CT molecular complexity index is 1830. The average molecular weight is 707 g/mol. The van der Waals surface area contributed by atoms with Crippen LogP contribution in [-0.4, -0.2) is 43.8 Å². The summed E-state index contributed by atoms with van der Waals surface area (Å²) in [5, 5.41) is 4.06. The van der Waals surface area contributed by atoms with Gasteiger partial charge in [-0.1, -0.05) is 97.1 Å². The Hall–Kier alpha value is -3.85. The minimum atomic E-state index is -4.24. The quantitative estimate of drug-likeness (QED) is 0.162. The lowest BCUT2D eigenvalue weighted by Crippen LogP contribution is -2.55. The number of hydrogen-bond donors (Lipinski definition) is 1. The molecule has 0 heterocycles. The number of amides is 2. The number of carbonyl (C=O) groups excluding carboxylic acids is 2. The smallest absolute Gasteiger partial charge is 0.264 e. The van der Waals surface area contributed by atoms with Crippen molar-refractivity contribution in [3.8, 4) is 0 Å². The highest BCUT2D eigenvalue weighted by molar-refractivity contribution is 7.92. The van der Waals surface area contributed by atoms with Gasteiger partial charge in [0.15, 0.2) is 0 Å². The second-order valence-electron chi connectivity index (χ2n) is 12.4. The Morgan fingerprint density at radius 2 is 1.50 bits per heavy atom. The number of nitrogens with one attached hydrogen (secondary N) is 1. The van der Waals surface area contributed by atoms with E-state index < -0.39 is 28.5 Å². The summed E-state index contributed by atoms with van der Waals surface area (Å²) in [6, 6.07) is 26.9. The van der Waals surface area contributed by atoms with Crippen molar-refractivity contribution in [2.24, 2.45) is 0 Å². The molecule has 0 bridgehead atoms. The summed E-state index contributed by atoms with van der Waals surface area (Å²) in [6.07, 6.45) is 5.19. The van der Waals surface area contributed by atoms with E-state index >= 15 is 0 Å². The first-order valence-corrected chi connectivity index (χ1v) is 18.5. The standard InChI is InChI=1S/C38H41Cl2N3O4S/c1-27-17-20-33(23-28(27)2)43(48(46,47)34-21-18-31(39)19-22-34)26-37(44)42(25-30-13-9-10-16-35(30)40)36(24-29-11-5-3-6-12-29)38(45)41-32-14-7-4-8-15-32/h3,5-6,9-13,16-23,32,36H,4,7-8,14-15,24-26H2,1-2H3,(H,41,45)/t36-/m1/s1. The van der Waals surface area contributed by atoms with E-state index in [1.165, 1.54) is 29.2 Å². The highest BCUT2D eigenvalue weighted by atomic mass is 35.5. The third-order valence-electron chi connectivity index (χ3n) is 8.98. The molecule has 0 aromatic heterocycles. The van der Waals surface area contributed by atoms with E-state index in [1.54, 1.807) is 24.3 Å². The van der Waals surface area contributed by atoms with Crippen LogP contribution in [0.3, 0.4) is 0 Å². The molecular weight excluding hydrogens is 665 g/mol. The molecule has 0 spiro atoms. The number of sulfonamides is 1. The zero-order chi connectivity index (χ0) is 34.3. The maximum atomic E-state index is 14.7. The van der Waals surface area contributed by atoms with E-state index in [4.69, 9.17) is 23.2 Å². The SMILES string of the molecule is Cc1ccc(N(CC(=O)N(Cc2ccccc2Cl)[C@H](Cc2ccccc2)C(=O)NC2CCCCC2)S(=O)(=O)c2ccc(Cl)cc2)cc1C. The van der Waals surface area contributed by atoms with Crippen LogP contribution >= 0.6 is 23.2 Å². The molecule has 1 aliphatic rings. The third-order valence-corrected chi connectivity index (χ3v) is 11.4. The van der Waals surface area contributed by atoms with Crippen LogP contribution in [0.2, 0.25) is 10.0 Å². The summed E-state index contributed by atoms with van der Waals surface area (Å²) in [6.45, 7) is 3.30. The number of hydrogen-bond acceptors (Lipinski definition) is 4. The number of benzene rings is 4. The first kappa shape index (κ1) is 35.5. The number of nitrogens with zero attached hydrogens (tertiary/aromatic N) is 2. The molecule has 1 atom stereocenters. The number of aryl methyl sites for hydroxylation is 2. The van der Waals surface area contributed by atoms with Crippen molar-refractivity contribution in [2.45, 2.75) is 75.9 Å². The summed E-state index contributed by atoms with van der Waals surface area (Å²) in [7, 11) is -4.24. The fraction of sp³-hybridized carbons (Fsp3) is 0.316. The Balaban J connectivity index is 1.58. The first-order chi connectivity index (χ1) is 23.0. The molecule has 7 nitrogen and oxygen atoms in total. The van der Waals surface area contributed by atoms with Crippen molar-refractivity contribution in [1.29, 1.82) is 0 Å². The van der Waals surface area contributed by atoms with E-state index in [0.717, 1.165) is 53.1 Å². The molecule has 252 valence electrons. The predicted octanol–water partition coefficient (Wildman–Crippen LogP) is 7.89. The zero-order valence-corrected chi connectivity index (χ0v) is 29.6. The van der Waals surface area contributed by atoms with Gasteiger partial charge in [0.2, 0.25) is 11.8 Å². The second kappa shape index (κ2) is 16.0. The topological polar surface area (TPSA) is 86.8 Å². The van der Waals surface area contributed by atoms with Crippen LogP contribution in [0.1, 0.15) is 54.4 Å². The monoisotopic (exact) mass is 705 g/mol. The van der Waals surface area contributed by atoms with Crippen molar-refractivity contribution < 1.29 is 18.0 Å². The summed E-state index contributed by atoms with van der Waals surface area (Å²) < 4.78 is 29.7.